The SMILES string of the molecule is CCN(C(=O)OC(C)(C)C)c1ccc([C@H]2CCCN2C)cn1. The first-order chi connectivity index (χ1) is 10.3. The highest BCUT2D eigenvalue weighted by Crippen LogP contribution is 2.30. The first kappa shape index (κ1) is 16.7. The summed E-state index contributed by atoms with van der Waals surface area (Å²) in [5.74, 6) is 0.640. The average molecular weight is 305 g/mol. The Morgan fingerprint density at radius 3 is 2.64 bits per heavy atom. The minimum atomic E-state index is -0.503. The van der Waals surface area contributed by atoms with Crippen LogP contribution in [-0.2, 0) is 4.74 Å². The fourth-order valence-electron chi connectivity index (χ4n) is 2.79. The van der Waals surface area contributed by atoms with Gasteiger partial charge in [0.15, 0.2) is 0 Å². The summed E-state index contributed by atoms with van der Waals surface area (Å²) >= 11 is 0. The van der Waals surface area contributed by atoms with Crippen LogP contribution < -0.4 is 4.90 Å². The summed E-state index contributed by atoms with van der Waals surface area (Å²) in [5, 5.41) is 0. The molecular weight excluding hydrogens is 278 g/mol. The van der Waals surface area contributed by atoms with E-state index in [4.69, 9.17) is 4.74 Å². The average Bonchev–Trinajstić information content (AvgIpc) is 2.84. The zero-order valence-corrected chi connectivity index (χ0v) is 14.3. The first-order valence-electron chi connectivity index (χ1n) is 7.98. The van der Waals surface area contributed by atoms with E-state index in [0.29, 0.717) is 18.4 Å². The summed E-state index contributed by atoms with van der Waals surface area (Å²) in [7, 11) is 2.14. The number of ether oxygens (including phenoxy) is 1. The second kappa shape index (κ2) is 6.65. The Hall–Kier alpha value is -1.62. The van der Waals surface area contributed by atoms with Crippen LogP contribution in [0.5, 0.6) is 0 Å². The largest absolute Gasteiger partial charge is 0.443 e. The number of nitrogens with zero attached hydrogens (tertiary/aromatic N) is 3. The van der Waals surface area contributed by atoms with Gasteiger partial charge >= 0.3 is 6.09 Å². The molecule has 1 aliphatic rings. The van der Waals surface area contributed by atoms with Crippen molar-refractivity contribution in [1.82, 2.24) is 9.88 Å². The van der Waals surface area contributed by atoms with Crippen LogP contribution >= 0.6 is 0 Å². The predicted molar refractivity (Wildman–Crippen MR) is 88.1 cm³/mol. The molecule has 1 aromatic rings. The lowest BCUT2D eigenvalue weighted by atomic mass is 10.1. The van der Waals surface area contributed by atoms with Gasteiger partial charge < -0.3 is 4.74 Å². The lowest BCUT2D eigenvalue weighted by Gasteiger charge is -2.26. The summed E-state index contributed by atoms with van der Waals surface area (Å²) < 4.78 is 5.43. The number of rotatable bonds is 3. The van der Waals surface area contributed by atoms with Gasteiger partial charge in [0.25, 0.3) is 0 Å². The number of carbonyl (C=O) groups is 1. The number of pyridine rings is 1. The third kappa shape index (κ3) is 3.97. The lowest BCUT2D eigenvalue weighted by Crippen LogP contribution is -2.37. The van der Waals surface area contributed by atoms with E-state index >= 15 is 0 Å². The summed E-state index contributed by atoms with van der Waals surface area (Å²) in [6, 6.07) is 4.43. The van der Waals surface area contributed by atoms with E-state index in [9.17, 15) is 4.79 Å². The van der Waals surface area contributed by atoms with Crippen molar-refractivity contribution in [1.29, 1.82) is 0 Å². The molecule has 22 heavy (non-hydrogen) atoms. The molecule has 1 atom stereocenters. The minimum absolute atomic E-state index is 0.353. The molecule has 122 valence electrons. The fraction of sp³-hybridized carbons (Fsp3) is 0.647. The molecule has 0 radical (unpaired) electrons. The molecule has 0 saturated carbocycles. The van der Waals surface area contributed by atoms with Crippen LogP contribution in [0.25, 0.3) is 0 Å². The number of anilines is 1. The summed E-state index contributed by atoms with van der Waals surface area (Å²) in [4.78, 5) is 20.6. The maximum atomic E-state index is 12.2. The number of hydrogen-bond donors (Lipinski definition) is 0. The van der Waals surface area contributed by atoms with Gasteiger partial charge in [0.2, 0.25) is 0 Å². The van der Waals surface area contributed by atoms with Crippen molar-refractivity contribution < 1.29 is 9.53 Å². The Bertz CT molecular complexity index is 508. The number of amides is 1. The standard InChI is InChI=1S/C17H27N3O2/c1-6-20(16(21)22-17(2,3)4)15-10-9-13(12-18-15)14-8-7-11-19(14)5/h9-10,12,14H,6-8,11H2,1-5H3/t14-/m1/s1. The van der Waals surface area contributed by atoms with Crippen LogP contribution in [0.15, 0.2) is 18.3 Å². The molecule has 0 aliphatic carbocycles. The van der Waals surface area contributed by atoms with Gasteiger partial charge in [-0.2, -0.15) is 0 Å². The number of aromatic nitrogens is 1. The van der Waals surface area contributed by atoms with Crippen molar-refractivity contribution in [3.8, 4) is 0 Å². The van der Waals surface area contributed by atoms with Crippen LogP contribution in [0, 0.1) is 0 Å². The van der Waals surface area contributed by atoms with Crippen molar-refractivity contribution in [2.45, 2.75) is 52.2 Å². The van der Waals surface area contributed by atoms with Gasteiger partial charge in [-0.15, -0.1) is 0 Å². The van der Waals surface area contributed by atoms with Gasteiger partial charge in [0.05, 0.1) is 0 Å². The number of hydrogen-bond acceptors (Lipinski definition) is 4. The Morgan fingerprint density at radius 2 is 2.18 bits per heavy atom. The van der Waals surface area contributed by atoms with Crippen LogP contribution in [-0.4, -0.2) is 41.7 Å². The van der Waals surface area contributed by atoms with E-state index < -0.39 is 5.60 Å². The smallest absolute Gasteiger partial charge is 0.415 e. The Labute approximate surface area is 133 Å². The normalized spacial score (nSPS) is 19.2. The van der Waals surface area contributed by atoms with Gasteiger partial charge in [0.1, 0.15) is 11.4 Å². The summed E-state index contributed by atoms with van der Waals surface area (Å²) in [6.07, 6.45) is 3.92. The molecule has 2 heterocycles. The number of carbonyl (C=O) groups excluding carboxylic acids is 1. The number of likely N-dealkylation sites (tertiary alicyclic amines) is 1. The van der Waals surface area contributed by atoms with E-state index in [1.165, 1.54) is 18.4 Å². The molecule has 0 spiro atoms. The molecule has 2 rings (SSSR count). The maximum absolute atomic E-state index is 12.2. The Kier molecular flexibility index (Phi) is 5.06. The molecule has 1 aromatic heterocycles. The first-order valence-corrected chi connectivity index (χ1v) is 7.98. The predicted octanol–water partition coefficient (Wildman–Crippen LogP) is 3.61. The highest BCUT2D eigenvalue weighted by molar-refractivity contribution is 5.86. The Morgan fingerprint density at radius 1 is 1.45 bits per heavy atom. The Balaban J connectivity index is 2.12. The second-order valence-electron chi connectivity index (χ2n) is 6.81. The van der Waals surface area contributed by atoms with Gasteiger partial charge in [-0.05, 0) is 65.8 Å². The zero-order chi connectivity index (χ0) is 16.3. The third-order valence-corrected chi connectivity index (χ3v) is 3.88. The van der Waals surface area contributed by atoms with Crippen LogP contribution in [0.4, 0.5) is 10.6 Å². The molecule has 1 fully saturated rings. The molecular formula is C17H27N3O2. The molecule has 5 heteroatoms. The highest BCUT2D eigenvalue weighted by Gasteiger charge is 2.25. The van der Waals surface area contributed by atoms with Gasteiger partial charge in [-0.25, -0.2) is 9.78 Å². The van der Waals surface area contributed by atoms with Crippen LogP contribution in [0.3, 0.4) is 0 Å². The van der Waals surface area contributed by atoms with E-state index in [1.54, 1.807) is 4.90 Å². The van der Waals surface area contributed by atoms with E-state index in [0.717, 1.165) is 6.54 Å². The lowest BCUT2D eigenvalue weighted by molar-refractivity contribution is 0.0581. The second-order valence-corrected chi connectivity index (χ2v) is 6.81. The monoisotopic (exact) mass is 305 g/mol. The van der Waals surface area contributed by atoms with E-state index in [2.05, 4.69) is 23.0 Å². The highest BCUT2D eigenvalue weighted by atomic mass is 16.6. The molecule has 1 amide bonds. The van der Waals surface area contributed by atoms with Gasteiger partial charge in [-0.1, -0.05) is 6.07 Å². The minimum Gasteiger partial charge on any atom is -0.443 e. The topological polar surface area (TPSA) is 45.7 Å². The quantitative estimate of drug-likeness (QED) is 0.856. The molecule has 0 bridgehead atoms. The fourth-order valence-corrected chi connectivity index (χ4v) is 2.79. The molecule has 1 saturated heterocycles. The van der Waals surface area contributed by atoms with Crippen molar-refractivity contribution in [3.63, 3.8) is 0 Å². The van der Waals surface area contributed by atoms with Crippen molar-refractivity contribution in [3.05, 3.63) is 23.9 Å². The van der Waals surface area contributed by atoms with E-state index in [1.807, 2.05) is 40.0 Å². The molecule has 0 N–H and O–H groups in total. The van der Waals surface area contributed by atoms with Crippen molar-refractivity contribution >= 4 is 11.9 Å². The zero-order valence-electron chi connectivity index (χ0n) is 14.3. The molecule has 0 aromatic carbocycles. The summed E-state index contributed by atoms with van der Waals surface area (Å²) in [6.45, 7) is 9.18. The molecule has 0 unspecified atom stereocenters. The maximum Gasteiger partial charge on any atom is 0.415 e. The summed E-state index contributed by atoms with van der Waals surface area (Å²) in [5.41, 5.74) is 0.709. The van der Waals surface area contributed by atoms with Crippen molar-refractivity contribution in [2.75, 3.05) is 25.0 Å². The van der Waals surface area contributed by atoms with Crippen LogP contribution in [0.1, 0.15) is 52.1 Å². The molecule has 1 aliphatic heterocycles. The van der Waals surface area contributed by atoms with Crippen LogP contribution in [0.2, 0.25) is 0 Å². The third-order valence-electron chi connectivity index (χ3n) is 3.88. The van der Waals surface area contributed by atoms with E-state index in [-0.39, 0.29) is 6.09 Å². The molecule has 5 nitrogen and oxygen atoms in total. The van der Waals surface area contributed by atoms with Crippen molar-refractivity contribution in [2.24, 2.45) is 0 Å². The van der Waals surface area contributed by atoms with Gasteiger partial charge in [-0.3, -0.25) is 9.80 Å². The van der Waals surface area contributed by atoms with Gasteiger partial charge in [0, 0.05) is 18.8 Å².